The van der Waals surface area contributed by atoms with E-state index >= 15 is 0 Å². The van der Waals surface area contributed by atoms with Gasteiger partial charge < -0.3 is 14.8 Å². The van der Waals surface area contributed by atoms with Gasteiger partial charge in [0.25, 0.3) is 0 Å². The molecule has 1 aromatic heterocycles. The van der Waals surface area contributed by atoms with Crippen LogP contribution < -0.4 is 10.1 Å². The molecular formula is C20H22F2N4O3. The van der Waals surface area contributed by atoms with Gasteiger partial charge in [-0.1, -0.05) is 18.6 Å². The molecule has 2 heterocycles. The van der Waals surface area contributed by atoms with Gasteiger partial charge in [0.15, 0.2) is 0 Å². The highest BCUT2D eigenvalue weighted by atomic mass is 19.3. The first-order valence-electron chi connectivity index (χ1n) is 9.66. The summed E-state index contributed by atoms with van der Waals surface area (Å²) in [5, 5.41) is 7.34. The predicted molar refractivity (Wildman–Crippen MR) is 101 cm³/mol. The number of nitrogens with zero attached hydrogens (tertiary/aromatic N) is 3. The van der Waals surface area contributed by atoms with Crippen LogP contribution >= 0.6 is 0 Å². The van der Waals surface area contributed by atoms with Gasteiger partial charge in [0, 0.05) is 5.70 Å². The lowest BCUT2D eigenvalue weighted by Crippen LogP contribution is -2.32. The lowest BCUT2D eigenvalue weighted by Gasteiger charge is -2.30. The summed E-state index contributed by atoms with van der Waals surface area (Å²) in [6.07, 6.45) is 6.31. The molecule has 1 fully saturated rings. The van der Waals surface area contributed by atoms with E-state index < -0.39 is 18.6 Å². The van der Waals surface area contributed by atoms with Gasteiger partial charge >= 0.3 is 12.6 Å². The van der Waals surface area contributed by atoms with Crippen molar-refractivity contribution < 1.29 is 23.0 Å². The number of nitrogens with one attached hydrogen (secondary N) is 1. The molecule has 1 aromatic carbocycles. The molecule has 1 atom stereocenters. The zero-order chi connectivity index (χ0) is 20.4. The maximum Gasteiger partial charge on any atom is 0.387 e. The van der Waals surface area contributed by atoms with Crippen LogP contribution in [0.4, 0.5) is 14.7 Å². The summed E-state index contributed by atoms with van der Waals surface area (Å²) >= 11 is 0. The van der Waals surface area contributed by atoms with Crippen molar-refractivity contribution in [3.8, 4) is 5.75 Å². The van der Waals surface area contributed by atoms with E-state index in [9.17, 15) is 13.6 Å². The zero-order valence-corrected chi connectivity index (χ0v) is 16.0. The Morgan fingerprint density at radius 1 is 1.21 bits per heavy atom. The maximum atomic E-state index is 13.1. The molecule has 2 aliphatic rings. The first kappa shape index (κ1) is 19.4. The highest BCUT2D eigenvalue weighted by Gasteiger charge is 2.35. The quantitative estimate of drug-likeness (QED) is 0.758. The molecule has 1 aliphatic heterocycles. The number of benzene rings is 1. The summed E-state index contributed by atoms with van der Waals surface area (Å²) in [6.45, 7) is -1.11. The lowest BCUT2D eigenvalue weighted by atomic mass is 9.95. The fraction of sp³-hybridized carbons (Fsp3) is 0.450. The molecule has 1 N–H and O–H groups in total. The summed E-state index contributed by atoms with van der Waals surface area (Å²) in [5.74, 6) is 0.138. The van der Waals surface area contributed by atoms with Crippen molar-refractivity contribution in [3.05, 3.63) is 47.4 Å². The standard InChI is InChI=1S/C20H22F2N4O3/c1-12-16(18(27)28-14-5-3-2-4-6-14)17(26-20(25-12)23-11-24-26)13-7-9-15(10-8-13)29-19(21)22/h7-11,14,17,19H,2-6H2,1H3,(H,23,24,25)/t17-/m0/s1. The van der Waals surface area contributed by atoms with Crippen molar-refractivity contribution in [2.24, 2.45) is 0 Å². The largest absolute Gasteiger partial charge is 0.459 e. The van der Waals surface area contributed by atoms with E-state index in [-0.39, 0.29) is 11.9 Å². The van der Waals surface area contributed by atoms with Gasteiger partial charge in [-0.15, -0.1) is 0 Å². The van der Waals surface area contributed by atoms with Gasteiger partial charge in [0.1, 0.15) is 24.2 Å². The second-order valence-corrected chi connectivity index (χ2v) is 7.21. The Labute approximate surface area is 166 Å². The minimum absolute atomic E-state index is 0.0449. The van der Waals surface area contributed by atoms with Crippen LogP contribution in [0.3, 0.4) is 0 Å². The number of fused-ring (bicyclic) bond motifs is 1. The molecule has 1 saturated carbocycles. The van der Waals surface area contributed by atoms with E-state index in [4.69, 9.17) is 4.74 Å². The molecule has 0 bridgehead atoms. The first-order chi connectivity index (χ1) is 14.0. The fourth-order valence-corrected chi connectivity index (χ4v) is 3.89. The fourth-order valence-electron chi connectivity index (χ4n) is 3.89. The third-order valence-electron chi connectivity index (χ3n) is 5.26. The molecule has 2 aromatic rings. The first-order valence-corrected chi connectivity index (χ1v) is 9.66. The van der Waals surface area contributed by atoms with E-state index in [2.05, 4.69) is 20.1 Å². The summed E-state index contributed by atoms with van der Waals surface area (Å²) in [6, 6.07) is 5.59. The molecular weight excluding hydrogens is 382 g/mol. The Morgan fingerprint density at radius 2 is 1.93 bits per heavy atom. The van der Waals surface area contributed by atoms with Crippen LogP contribution in [-0.4, -0.2) is 33.4 Å². The number of rotatable bonds is 5. The number of esters is 1. The third-order valence-corrected chi connectivity index (χ3v) is 5.26. The number of halogens is 2. The van der Waals surface area contributed by atoms with Crippen LogP contribution in [0.25, 0.3) is 0 Å². The molecule has 0 radical (unpaired) electrons. The smallest absolute Gasteiger partial charge is 0.387 e. The molecule has 9 heteroatoms. The highest BCUT2D eigenvalue weighted by Crippen LogP contribution is 2.36. The molecule has 1 aliphatic carbocycles. The van der Waals surface area contributed by atoms with Crippen molar-refractivity contribution in [3.63, 3.8) is 0 Å². The van der Waals surface area contributed by atoms with Crippen molar-refractivity contribution in [1.82, 2.24) is 14.8 Å². The number of carbonyl (C=O) groups is 1. The zero-order valence-electron chi connectivity index (χ0n) is 16.0. The van der Waals surface area contributed by atoms with Gasteiger partial charge in [-0.05, 0) is 50.3 Å². The number of carbonyl (C=O) groups excluding carboxylic acids is 1. The van der Waals surface area contributed by atoms with Gasteiger partial charge in [0.2, 0.25) is 5.95 Å². The van der Waals surface area contributed by atoms with Crippen LogP contribution in [0.1, 0.15) is 50.6 Å². The average molecular weight is 404 g/mol. The molecule has 0 spiro atoms. The Kier molecular flexibility index (Phi) is 5.46. The average Bonchev–Trinajstić information content (AvgIpc) is 3.16. The number of hydrogen-bond acceptors (Lipinski definition) is 6. The van der Waals surface area contributed by atoms with Crippen LogP contribution in [0.15, 0.2) is 41.9 Å². The number of aromatic nitrogens is 3. The number of ether oxygens (including phenoxy) is 2. The van der Waals surface area contributed by atoms with Crippen LogP contribution in [0, 0.1) is 0 Å². The Hall–Kier alpha value is -2.97. The van der Waals surface area contributed by atoms with Crippen molar-refractivity contribution in [2.45, 2.75) is 57.8 Å². The van der Waals surface area contributed by atoms with Gasteiger partial charge in [-0.25, -0.2) is 9.48 Å². The van der Waals surface area contributed by atoms with Crippen molar-refractivity contribution in [2.75, 3.05) is 5.32 Å². The Bertz CT molecular complexity index is 905. The normalized spacial score (nSPS) is 19.7. The minimum atomic E-state index is -2.90. The molecule has 29 heavy (non-hydrogen) atoms. The third kappa shape index (κ3) is 4.08. The minimum Gasteiger partial charge on any atom is -0.459 e. The molecule has 4 rings (SSSR count). The van der Waals surface area contributed by atoms with E-state index in [1.807, 2.05) is 0 Å². The topological polar surface area (TPSA) is 78.3 Å². The Balaban J connectivity index is 1.65. The van der Waals surface area contributed by atoms with E-state index in [1.54, 1.807) is 23.7 Å². The highest BCUT2D eigenvalue weighted by molar-refractivity contribution is 5.92. The number of alkyl halides is 2. The van der Waals surface area contributed by atoms with Crippen molar-refractivity contribution in [1.29, 1.82) is 0 Å². The number of allylic oxidation sites excluding steroid dienone is 1. The number of anilines is 1. The second-order valence-electron chi connectivity index (χ2n) is 7.21. The van der Waals surface area contributed by atoms with Crippen LogP contribution in [0.2, 0.25) is 0 Å². The number of hydrogen-bond donors (Lipinski definition) is 1. The Morgan fingerprint density at radius 3 is 2.62 bits per heavy atom. The van der Waals surface area contributed by atoms with E-state index in [0.717, 1.165) is 32.1 Å². The molecule has 0 amide bonds. The second kappa shape index (κ2) is 8.18. The van der Waals surface area contributed by atoms with Crippen LogP contribution in [-0.2, 0) is 9.53 Å². The molecule has 0 unspecified atom stereocenters. The van der Waals surface area contributed by atoms with E-state index in [1.165, 1.54) is 18.5 Å². The monoisotopic (exact) mass is 404 g/mol. The van der Waals surface area contributed by atoms with Crippen LogP contribution in [0.5, 0.6) is 5.75 Å². The summed E-state index contributed by atoms with van der Waals surface area (Å²) < 4.78 is 36.7. The van der Waals surface area contributed by atoms with Gasteiger partial charge in [-0.2, -0.15) is 18.9 Å². The van der Waals surface area contributed by atoms with Gasteiger partial charge in [-0.3, -0.25) is 0 Å². The van der Waals surface area contributed by atoms with E-state index in [0.29, 0.717) is 22.8 Å². The van der Waals surface area contributed by atoms with Crippen molar-refractivity contribution >= 4 is 11.9 Å². The molecule has 0 saturated heterocycles. The predicted octanol–water partition coefficient (Wildman–Crippen LogP) is 4.04. The maximum absolute atomic E-state index is 13.1. The summed E-state index contributed by atoms with van der Waals surface area (Å²) in [5.41, 5.74) is 1.75. The summed E-state index contributed by atoms with van der Waals surface area (Å²) in [4.78, 5) is 17.3. The summed E-state index contributed by atoms with van der Waals surface area (Å²) in [7, 11) is 0. The SMILES string of the molecule is CC1=C(C(=O)OC2CCCCC2)[C@H](c2ccc(OC(F)F)cc2)n2ncnc2N1. The molecule has 154 valence electrons. The lowest BCUT2D eigenvalue weighted by molar-refractivity contribution is -0.146. The molecule has 7 nitrogen and oxygen atoms in total. The van der Waals surface area contributed by atoms with Gasteiger partial charge in [0.05, 0.1) is 5.57 Å².